The molecule has 7 nitrogen and oxygen atoms in total. The van der Waals surface area contributed by atoms with Gasteiger partial charge < -0.3 is 10.1 Å². The third-order valence-corrected chi connectivity index (χ3v) is 3.20. The summed E-state index contributed by atoms with van der Waals surface area (Å²) in [6, 6.07) is 0. The van der Waals surface area contributed by atoms with Gasteiger partial charge in [-0.2, -0.15) is 4.98 Å². The van der Waals surface area contributed by atoms with Crippen molar-refractivity contribution in [2.45, 2.75) is 25.3 Å². The minimum atomic E-state index is -0.436. The van der Waals surface area contributed by atoms with Crippen LogP contribution in [0.2, 0.25) is 0 Å². The molecule has 0 saturated heterocycles. The van der Waals surface area contributed by atoms with Crippen LogP contribution < -0.4 is 5.32 Å². The first-order valence-corrected chi connectivity index (χ1v) is 6.97. The van der Waals surface area contributed by atoms with Crippen molar-refractivity contribution >= 4 is 23.4 Å². The molecule has 0 aliphatic carbocycles. The standard InChI is InChI=1S/C11H18N4O3S/c1-4-5-12-11-13-8(2)9(15(16)17)10(14-11)19-7-6-18-3/h4-7H2,1-3H3,(H,12,13,14). The predicted octanol–water partition coefficient (Wildman–Crippen LogP) is 2.25. The molecule has 8 heteroatoms. The Morgan fingerprint density at radius 3 is 2.79 bits per heavy atom. The molecule has 0 radical (unpaired) electrons. The number of nitro groups is 1. The second-order valence-electron chi connectivity index (χ2n) is 3.81. The molecule has 106 valence electrons. The Bertz CT molecular complexity index is 442. The highest BCUT2D eigenvalue weighted by molar-refractivity contribution is 7.99. The SMILES string of the molecule is CCCNc1nc(C)c([N+](=O)[O-])c(SCCOC)n1. The molecule has 0 bridgehead atoms. The third kappa shape index (κ3) is 4.64. The Labute approximate surface area is 116 Å². The van der Waals surface area contributed by atoms with E-state index in [9.17, 15) is 10.1 Å². The summed E-state index contributed by atoms with van der Waals surface area (Å²) in [5.41, 5.74) is 0.349. The average Bonchev–Trinajstić information content (AvgIpc) is 2.35. The van der Waals surface area contributed by atoms with E-state index < -0.39 is 4.92 Å². The summed E-state index contributed by atoms with van der Waals surface area (Å²) < 4.78 is 4.94. The van der Waals surface area contributed by atoms with Gasteiger partial charge in [0, 0.05) is 19.4 Å². The van der Waals surface area contributed by atoms with Gasteiger partial charge in [-0.3, -0.25) is 10.1 Å². The highest BCUT2D eigenvalue weighted by Gasteiger charge is 2.22. The van der Waals surface area contributed by atoms with E-state index in [1.54, 1.807) is 14.0 Å². The maximum atomic E-state index is 11.1. The number of ether oxygens (including phenoxy) is 1. The van der Waals surface area contributed by atoms with Crippen molar-refractivity contribution in [3.63, 3.8) is 0 Å². The molecule has 1 heterocycles. The number of aromatic nitrogens is 2. The lowest BCUT2D eigenvalue weighted by molar-refractivity contribution is -0.389. The molecule has 0 aromatic carbocycles. The van der Waals surface area contributed by atoms with Crippen molar-refractivity contribution in [2.24, 2.45) is 0 Å². The van der Waals surface area contributed by atoms with Gasteiger partial charge in [-0.1, -0.05) is 18.7 Å². The molecule has 0 aliphatic heterocycles. The van der Waals surface area contributed by atoms with Gasteiger partial charge in [0.25, 0.3) is 0 Å². The molecule has 0 amide bonds. The average molecular weight is 286 g/mol. The second kappa shape index (κ2) is 7.90. The molecule has 0 spiro atoms. The van der Waals surface area contributed by atoms with Crippen LogP contribution in [0, 0.1) is 17.0 Å². The summed E-state index contributed by atoms with van der Waals surface area (Å²) in [6.45, 7) is 4.90. The lowest BCUT2D eigenvalue weighted by Crippen LogP contribution is -2.08. The molecule has 1 aromatic heterocycles. The van der Waals surface area contributed by atoms with E-state index in [1.165, 1.54) is 11.8 Å². The summed E-state index contributed by atoms with van der Waals surface area (Å²) in [4.78, 5) is 18.9. The molecule has 1 rings (SSSR count). The number of rotatable bonds is 8. The number of thioether (sulfide) groups is 1. The number of hydrogen-bond donors (Lipinski definition) is 1. The summed E-state index contributed by atoms with van der Waals surface area (Å²) in [7, 11) is 1.59. The molecule has 0 fully saturated rings. The van der Waals surface area contributed by atoms with E-state index in [1.807, 2.05) is 6.92 Å². The van der Waals surface area contributed by atoms with Crippen LogP contribution in [0.5, 0.6) is 0 Å². The molecule has 0 aliphatic rings. The van der Waals surface area contributed by atoms with Gasteiger partial charge in [0.15, 0.2) is 5.03 Å². The fraction of sp³-hybridized carbons (Fsp3) is 0.636. The van der Waals surface area contributed by atoms with E-state index in [0.29, 0.717) is 29.0 Å². The monoisotopic (exact) mass is 286 g/mol. The van der Waals surface area contributed by atoms with E-state index in [0.717, 1.165) is 13.0 Å². The number of aryl methyl sites for hydroxylation is 1. The minimum Gasteiger partial charge on any atom is -0.384 e. The third-order valence-electron chi connectivity index (χ3n) is 2.27. The zero-order chi connectivity index (χ0) is 14.3. The second-order valence-corrected chi connectivity index (χ2v) is 4.90. The van der Waals surface area contributed by atoms with Gasteiger partial charge in [0.1, 0.15) is 5.69 Å². The van der Waals surface area contributed by atoms with Crippen LogP contribution in [0.25, 0.3) is 0 Å². The van der Waals surface area contributed by atoms with Gasteiger partial charge in [-0.05, 0) is 13.3 Å². The molecule has 1 aromatic rings. The predicted molar refractivity (Wildman–Crippen MR) is 74.8 cm³/mol. The quantitative estimate of drug-likeness (QED) is 0.258. The van der Waals surface area contributed by atoms with Crippen LogP contribution in [-0.4, -0.2) is 40.9 Å². The summed E-state index contributed by atoms with van der Waals surface area (Å²) >= 11 is 1.30. The highest BCUT2D eigenvalue weighted by atomic mass is 32.2. The number of hydrogen-bond acceptors (Lipinski definition) is 7. The molecular formula is C11H18N4O3S. The van der Waals surface area contributed by atoms with Crippen molar-refractivity contribution in [3.05, 3.63) is 15.8 Å². The summed E-state index contributed by atoms with van der Waals surface area (Å²) in [5, 5.41) is 14.5. The van der Waals surface area contributed by atoms with Crippen molar-refractivity contribution < 1.29 is 9.66 Å². The van der Waals surface area contributed by atoms with Crippen LogP contribution in [0.1, 0.15) is 19.0 Å². The number of nitrogens with zero attached hydrogens (tertiary/aromatic N) is 3. The first-order valence-electron chi connectivity index (χ1n) is 5.98. The largest absolute Gasteiger partial charge is 0.384 e. The number of nitrogens with one attached hydrogen (secondary N) is 1. The first-order chi connectivity index (χ1) is 9.10. The van der Waals surface area contributed by atoms with Crippen LogP contribution in [-0.2, 0) is 4.74 Å². The topological polar surface area (TPSA) is 90.2 Å². The van der Waals surface area contributed by atoms with Crippen LogP contribution in [0.3, 0.4) is 0 Å². The molecule has 0 saturated carbocycles. The highest BCUT2D eigenvalue weighted by Crippen LogP contribution is 2.30. The Morgan fingerprint density at radius 2 is 2.21 bits per heavy atom. The number of anilines is 1. The molecule has 19 heavy (non-hydrogen) atoms. The van der Waals surface area contributed by atoms with Gasteiger partial charge in [-0.25, -0.2) is 4.98 Å². The van der Waals surface area contributed by atoms with Crippen LogP contribution in [0.15, 0.2) is 5.03 Å². The summed E-state index contributed by atoms with van der Waals surface area (Å²) in [5.74, 6) is 1.05. The van der Waals surface area contributed by atoms with Crippen LogP contribution in [0.4, 0.5) is 11.6 Å². The van der Waals surface area contributed by atoms with Crippen molar-refractivity contribution in [2.75, 3.05) is 31.3 Å². The van der Waals surface area contributed by atoms with Gasteiger partial charge in [-0.15, -0.1) is 0 Å². The Hall–Kier alpha value is -1.41. The zero-order valence-corrected chi connectivity index (χ0v) is 12.1. The number of methoxy groups -OCH3 is 1. The van der Waals surface area contributed by atoms with Crippen molar-refractivity contribution in [3.8, 4) is 0 Å². The smallest absolute Gasteiger partial charge is 0.322 e. The molecule has 1 N–H and O–H groups in total. The maximum Gasteiger partial charge on any atom is 0.322 e. The zero-order valence-electron chi connectivity index (χ0n) is 11.3. The Balaban J connectivity index is 2.99. The molecular weight excluding hydrogens is 268 g/mol. The lowest BCUT2D eigenvalue weighted by atomic mass is 10.4. The van der Waals surface area contributed by atoms with Crippen molar-refractivity contribution in [1.29, 1.82) is 0 Å². The van der Waals surface area contributed by atoms with Gasteiger partial charge in [0.05, 0.1) is 11.5 Å². The van der Waals surface area contributed by atoms with E-state index in [4.69, 9.17) is 4.74 Å². The Morgan fingerprint density at radius 1 is 1.47 bits per heavy atom. The van der Waals surface area contributed by atoms with E-state index >= 15 is 0 Å². The van der Waals surface area contributed by atoms with Crippen LogP contribution >= 0.6 is 11.8 Å². The first kappa shape index (κ1) is 15.6. The normalized spacial score (nSPS) is 10.5. The molecule has 0 atom stereocenters. The van der Waals surface area contributed by atoms with Gasteiger partial charge in [0.2, 0.25) is 5.95 Å². The molecule has 0 unspecified atom stereocenters. The van der Waals surface area contributed by atoms with E-state index in [2.05, 4.69) is 15.3 Å². The summed E-state index contributed by atoms with van der Waals surface area (Å²) in [6.07, 6.45) is 0.936. The van der Waals surface area contributed by atoms with E-state index in [-0.39, 0.29) is 5.69 Å². The Kier molecular flexibility index (Phi) is 6.51. The van der Waals surface area contributed by atoms with Gasteiger partial charge >= 0.3 is 5.69 Å². The van der Waals surface area contributed by atoms with Crippen molar-refractivity contribution in [1.82, 2.24) is 9.97 Å². The lowest BCUT2D eigenvalue weighted by Gasteiger charge is -2.08. The fourth-order valence-corrected chi connectivity index (χ4v) is 2.34. The fourth-order valence-electron chi connectivity index (χ4n) is 1.39. The maximum absolute atomic E-state index is 11.1. The minimum absolute atomic E-state index is 0.0249.